The van der Waals surface area contributed by atoms with Gasteiger partial charge in [-0.15, -0.1) is 5.10 Å². The molecule has 0 saturated carbocycles. The summed E-state index contributed by atoms with van der Waals surface area (Å²) in [5, 5.41) is 8.30. The predicted octanol–water partition coefficient (Wildman–Crippen LogP) is 0.991. The first-order valence-electron chi connectivity index (χ1n) is 10.3. The van der Waals surface area contributed by atoms with E-state index in [0.717, 1.165) is 5.69 Å². The Morgan fingerprint density at radius 1 is 1.35 bits per heavy atom. The van der Waals surface area contributed by atoms with Crippen LogP contribution in [0, 0.1) is 5.82 Å². The maximum Gasteiger partial charge on any atom is 0.227 e. The van der Waals surface area contributed by atoms with Crippen molar-refractivity contribution in [1.29, 1.82) is 0 Å². The summed E-state index contributed by atoms with van der Waals surface area (Å²) in [6.07, 6.45) is 1.35. The number of carbonyl (C=O) groups excluding carboxylic acids is 1. The Morgan fingerprint density at radius 2 is 2.19 bits per heavy atom. The lowest BCUT2D eigenvalue weighted by Gasteiger charge is -2.34. The molecule has 0 radical (unpaired) electrons. The smallest absolute Gasteiger partial charge is 0.227 e. The Labute approximate surface area is 180 Å². The molecule has 1 saturated heterocycles. The highest BCUT2D eigenvalue weighted by molar-refractivity contribution is 7.89. The number of benzene rings is 1. The van der Waals surface area contributed by atoms with E-state index < -0.39 is 15.6 Å². The fourth-order valence-corrected chi connectivity index (χ4v) is 5.13. The van der Waals surface area contributed by atoms with Crippen molar-refractivity contribution >= 4 is 15.9 Å². The molecule has 0 aliphatic carbocycles. The second kappa shape index (κ2) is 8.64. The number of fused-ring (bicyclic) bond motifs is 1. The lowest BCUT2D eigenvalue weighted by atomic mass is 10.0. The van der Waals surface area contributed by atoms with Gasteiger partial charge in [0.15, 0.2) is 0 Å². The largest absolute Gasteiger partial charge is 0.365 e. The number of hydrogen-bond donors (Lipinski definition) is 1. The summed E-state index contributed by atoms with van der Waals surface area (Å²) in [5.74, 6) is -0.359. The Bertz CT molecular complexity index is 1070. The molecule has 2 aliphatic heterocycles. The number of amides is 1. The Balaban J connectivity index is 1.38. The molecule has 1 aromatic heterocycles. The lowest BCUT2D eigenvalue weighted by Crippen LogP contribution is -2.45. The van der Waals surface area contributed by atoms with E-state index in [1.807, 2.05) is 0 Å². The van der Waals surface area contributed by atoms with Gasteiger partial charge in [-0.05, 0) is 30.5 Å². The number of rotatable bonds is 7. The molecule has 1 aromatic carbocycles. The average Bonchev–Trinajstić information content (AvgIpc) is 3.31. The highest BCUT2D eigenvalue weighted by Crippen LogP contribution is 2.33. The Kier molecular flexibility index (Phi) is 6.09. The molecule has 1 N–H and O–H groups in total. The summed E-state index contributed by atoms with van der Waals surface area (Å²) in [6, 6.07) is 6.06. The molecule has 1 amide bonds. The number of halogens is 1. The quantitative estimate of drug-likeness (QED) is 0.673. The normalized spacial score (nSPS) is 20.9. The van der Waals surface area contributed by atoms with Gasteiger partial charge in [0.05, 0.1) is 44.1 Å². The van der Waals surface area contributed by atoms with Crippen molar-refractivity contribution < 1.29 is 22.3 Å². The van der Waals surface area contributed by atoms with Gasteiger partial charge in [0, 0.05) is 6.54 Å². The summed E-state index contributed by atoms with van der Waals surface area (Å²) in [5.41, 5.74) is 1.39. The third-order valence-corrected chi connectivity index (χ3v) is 7.25. The standard InChI is InChI=1S/C20H26FN5O4S/c1-2-8-31(28,29)22-11-17-18-12-30-20(14-26(18)24-23-17)6-7-25(13-20)19(27)10-15-4-3-5-16(21)9-15/h3-5,9,22H,2,6-8,10-14H2,1H3. The highest BCUT2D eigenvalue weighted by Gasteiger charge is 2.44. The fourth-order valence-electron chi connectivity index (χ4n) is 4.09. The minimum atomic E-state index is -3.34. The van der Waals surface area contributed by atoms with Crippen molar-refractivity contribution in [2.75, 3.05) is 18.8 Å². The maximum absolute atomic E-state index is 13.4. The third kappa shape index (κ3) is 4.94. The van der Waals surface area contributed by atoms with Crippen molar-refractivity contribution in [2.45, 2.75) is 51.5 Å². The third-order valence-electron chi connectivity index (χ3n) is 5.72. The zero-order valence-electron chi connectivity index (χ0n) is 17.4. The first-order chi connectivity index (χ1) is 14.8. The SMILES string of the molecule is CCCS(=O)(=O)NCc1nnn2c1COC1(CCN(C(=O)Cc3cccc(F)c3)C1)C2. The molecule has 4 rings (SSSR count). The molecule has 1 atom stereocenters. The van der Waals surface area contributed by atoms with Crippen LogP contribution in [0.4, 0.5) is 4.39 Å². The first kappa shape index (κ1) is 21.8. The average molecular weight is 452 g/mol. The minimum absolute atomic E-state index is 0.0650. The van der Waals surface area contributed by atoms with Crippen molar-refractivity contribution in [1.82, 2.24) is 24.6 Å². The summed E-state index contributed by atoms with van der Waals surface area (Å²) in [4.78, 5) is 14.4. The number of carbonyl (C=O) groups is 1. The van der Waals surface area contributed by atoms with Crippen LogP contribution in [0.2, 0.25) is 0 Å². The topological polar surface area (TPSA) is 106 Å². The van der Waals surface area contributed by atoms with Crippen LogP contribution in [0.5, 0.6) is 0 Å². The van der Waals surface area contributed by atoms with Crippen LogP contribution in [-0.2, 0) is 45.7 Å². The second-order valence-corrected chi connectivity index (χ2v) is 10.1. The molecular weight excluding hydrogens is 425 g/mol. The van der Waals surface area contributed by atoms with E-state index >= 15 is 0 Å². The van der Waals surface area contributed by atoms with E-state index in [2.05, 4.69) is 15.0 Å². The number of aromatic nitrogens is 3. The number of ether oxygens (including phenoxy) is 1. The van der Waals surface area contributed by atoms with E-state index in [0.29, 0.717) is 43.7 Å². The van der Waals surface area contributed by atoms with Crippen molar-refractivity contribution in [3.63, 3.8) is 0 Å². The molecule has 0 bridgehead atoms. The predicted molar refractivity (Wildman–Crippen MR) is 110 cm³/mol. The van der Waals surface area contributed by atoms with Gasteiger partial charge in [-0.3, -0.25) is 4.79 Å². The van der Waals surface area contributed by atoms with Gasteiger partial charge >= 0.3 is 0 Å². The molecule has 11 heteroatoms. The number of hydrogen-bond acceptors (Lipinski definition) is 6. The summed E-state index contributed by atoms with van der Waals surface area (Å²) < 4.78 is 47.6. The van der Waals surface area contributed by atoms with Crippen molar-refractivity contribution in [2.24, 2.45) is 0 Å². The van der Waals surface area contributed by atoms with Gasteiger partial charge in [0.1, 0.15) is 17.1 Å². The summed E-state index contributed by atoms with van der Waals surface area (Å²) in [7, 11) is -3.34. The first-order valence-corrected chi connectivity index (χ1v) is 12.0. The van der Waals surface area contributed by atoms with Crippen LogP contribution >= 0.6 is 0 Å². The monoisotopic (exact) mass is 451 g/mol. The lowest BCUT2D eigenvalue weighted by molar-refractivity contribution is -0.132. The van der Waals surface area contributed by atoms with E-state index in [9.17, 15) is 17.6 Å². The molecule has 168 valence electrons. The van der Waals surface area contributed by atoms with Gasteiger partial charge in [0.2, 0.25) is 15.9 Å². The molecule has 1 unspecified atom stereocenters. The highest BCUT2D eigenvalue weighted by atomic mass is 32.2. The molecule has 9 nitrogen and oxygen atoms in total. The number of nitrogens with one attached hydrogen (secondary N) is 1. The van der Waals surface area contributed by atoms with E-state index in [4.69, 9.17) is 4.74 Å². The van der Waals surface area contributed by atoms with Crippen LogP contribution in [0.1, 0.15) is 36.7 Å². The molecule has 2 aliphatic rings. The second-order valence-electron chi connectivity index (χ2n) is 8.12. The van der Waals surface area contributed by atoms with Crippen molar-refractivity contribution in [3.8, 4) is 0 Å². The van der Waals surface area contributed by atoms with Crippen LogP contribution in [0.25, 0.3) is 0 Å². The van der Waals surface area contributed by atoms with Gasteiger partial charge < -0.3 is 9.64 Å². The number of likely N-dealkylation sites (tertiary alicyclic amines) is 1. The number of nitrogens with zero attached hydrogens (tertiary/aromatic N) is 4. The van der Waals surface area contributed by atoms with Gasteiger partial charge in [-0.2, -0.15) is 0 Å². The van der Waals surface area contributed by atoms with Crippen LogP contribution in [-0.4, -0.2) is 58.7 Å². The van der Waals surface area contributed by atoms with Crippen molar-refractivity contribution in [3.05, 3.63) is 47.0 Å². The van der Waals surface area contributed by atoms with E-state index in [-0.39, 0.29) is 37.0 Å². The zero-order valence-corrected chi connectivity index (χ0v) is 18.2. The van der Waals surface area contributed by atoms with Crippen LogP contribution in [0.15, 0.2) is 24.3 Å². The molecule has 1 spiro atoms. The van der Waals surface area contributed by atoms with Gasteiger partial charge in [-0.1, -0.05) is 24.3 Å². The molecule has 3 heterocycles. The van der Waals surface area contributed by atoms with Gasteiger partial charge in [0.25, 0.3) is 0 Å². The molecule has 31 heavy (non-hydrogen) atoms. The Hall–Kier alpha value is -2.37. The van der Waals surface area contributed by atoms with E-state index in [1.165, 1.54) is 12.1 Å². The Morgan fingerprint density at radius 3 is 2.97 bits per heavy atom. The van der Waals surface area contributed by atoms with Crippen LogP contribution in [0.3, 0.4) is 0 Å². The summed E-state index contributed by atoms with van der Waals surface area (Å²) in [6.45, 7) is 3.57. The van der Waals surface area contributed by atoms with Crippen LogP contribution < -0.4 is 4.72 Å². The number of sulfonamides is 1. The maximum atomic E-state index is 13.4. The molecular formula is C20H26FN5O4S. The minimum Gasteiger partial charge on any atom is -0.365 e. The molecule has 2 aromatic rings. The van der Waals surface area contributed by atoms with Gasteiger partial charge in [-0.25, -0.2) is 22.2 Å². The van der Waals surface area contributed by atoms with E-state index in [1.54, 1.807) is 28.6 Å². The fraction of sp³-hybridized carbons (Fsp3) is 0.550. The zero-order chi connectivity index (χ0) is 22.1. The molecule has 1 fully saturated rings. The summed E-state index contributed by atoms with van der Waals surface area (Å²) >= 11 is 0.